The molecule has 0 aromatic carbocycles. The molecule has 1 heterocycles. The Morgan fingerprint density at radius 2 is 1.50 bits per heavy atom. The van der Waals surface area contributed by atoms with Gasteiger partial charge >= 0.3 is 11.8 Å². The van der Waals surface area contributed by atoms with Crippen LogP contribution in [0.4, 0.5) is 0 Å². The molecule has 1 aliphatic rings. The van der Waals surface area contributed by atoms with Crippen molar-refractivity contribution in [1.29, 1.82) is 0 Å². The average molecular weight is 283 g/mol. The highest BCUT2D eigenvalue weighted by Gasteiger charge is 2.29. The van der Waals surface area contributed by atoms with Gasteiger partial charge in [0.05, 0.1) is 0 Å². The predicted molar refractivity (Wildman–Crippen MR) is 75.9 cm³/mol. The van der Waals surface area contributed by atoms with Crippen molar-refractivity contribution in [2.75, 3.05) is 26.2 Å². The van der Waals surface area contributed by atoms with E-state index in [9.17, 15) is 14.4 Å². The van der Waals surface area contributed by atoms with Crippen LogP contribution in [0.2, 0.25) is 0 Å². The first-order chi connectivity index (χ1) is 9.36. The predicted octanol–water partition coefficient (Wildman–Crippen LogP) is 0.228. The maximum absolute atomic E-state index is 12.0. The largest absolute Gasteiger partial charge is 0.346 e. The highest BCUT2D eigenvalue weighted by atomic mass is 16.2. The SMILES string of the molecule is CCC(C)C(=O)N1CCN(C(=O)C(=O)NC(C)C)CC1. The third-order valence-corrected chi connectivity index (χ3v) is 3.53. The number of rotatable bonds is 3. The second-order valence-electron chi connectivity index (χ2n) is 5.55. The molecule has 0 radical (unpaired) electrons. The number of nitrogens with one attached hydrogen (secondary N) is 1. The molecule has 0 aromatic heterocycles. The molecule has 0 aliphatic carbocycles. The van der Waals surface area contributed by atoms with Crippen molar-refractivity contribution in [3.8, 4) is 0 Å². The van der Waals surface area contributed by atoms with Gasteiger partial charge in [-0.3, -0.25) is 14.4 Å². The van der Waals surface area contributed by atoms with Crippen LogP contribution in [-0.2, 0) is 14.4 Å². The fourth-order valence-corrected chi connectivity index (χ4v) is 2.08. The van der Waals surface area contributed by atoms with Crippen molar-refractivity contribution < 1.29 is 14.4 Å². The quantitative estimate of drug-likeness (QED) is 0.754. The standard InChI is InChI=1S/C14H25N3O3/c1-5-11(4)13(19)16-6-8-17(9-7-16)14(20)12(18)15-10(2)3/h10-11H,5-9H2,1-4H3,(H,15,18). The molecule has 114 valence electrons. The van der Waals surface area contributed by atoms with Crippen molar-refractivity contribution in [1.82, 2.24) is 15.1 Å². The van der Waals surface area contributed by atoms with Crippen LogP contribution >= 0.6 is 0 Å². The van der Waals surface area contributed by atoms with Gasteiger partial charge in [-0.15, -0.1) is 0 Å². The summed E-state index contributed by atoms with van der Waals surface area (Å²) in [6.45, 7) is 9.38. The number of carbonyl (C=O) groups is 3. The maximum atomic E-state index is 12.0. The fraction of sp³-hybridized carbons (Fsp3) is 0.786. The zero-order valence-electron chi connectivity index (χ0n) is 12.8. The van der Waals surface area contributed by atoms with Crippen LogP contribution < -0.4 is 5.32 Å². The molecule has 0 spiro atoms. The van der Waals surface area contributed by atoms with E-state index < -0.39 is 11.8 Å². The molecule has 1 rings (SSSR count). The molecule has 1 atom stereocenters. The summed E-state index contributed by atoms with van der Waals surface area (Å²) >= 11 is 0. The van der Waals surface area contributed by atoms with Gasteiger partial charge in [0.25, 0.3) is 0 Å². The minimum Gasteiger partial charge on any atom is -0.346 e. The van der Waals surface area contributed by atoms with Gasteiger partial charge < -0.3 is 15.1 Å². The molecule has 0 saturated carbocycles. The number of hydrogen-bond donors (Lipinski definition) is 1. The van der Waals surface area contributed by atoms with E-state index in [4.69, 9.17) is 0 Å². The van der Waals surface area contributed by atoms with Crippen LogP contribution in [0.1, 0.15) is 34.1 Å². The Hall–Kier alpha value is -1.59. The Balaban J connectivity index is 2.48. The molecule has 20 heavy (non-hydrogen) atoms. The Morgan fingerprint density at radius 3 is 1.95 bits per heavy atom. The number of amides is 3. The first kappa shape index (κ1) is 16.5. The molecular weight excluding hydrogens is 258 g/mol. The number of piperazine rings is 1. The minimum atomic E-state index is -0.568. The van der Waals surface area contributed by atoms with Crippen LogP contribution in [0.3, 0.4) is 0 Å². The molecule has 6 nitrogen and oxygen atoms in total. The van der Waals surface area contributed by atoms with Crippen LogP contribution in [0.15, 0.2) is 0 Å². The fourth-order valence-electron chi connectivity index (χ4n) is 2.08. The topological polar surface area (TPSA) is 69.7 Å². The lowest BCUT2D eigenvalue weighted by Crippen LogP contribution is -2.55. The van der Waals surface area contributed by atoms with Crippen LogP contribution in [0, 0.1) is 5.92 Å². The van der Waals surface area contributed by atoms with E-state index in [0.29, 0.717) is 26.2 Å². The maximum Gasteiger partial charge on any atom is 0.312 e. The third-order valence-electron chi connectivity index (χ3n) is 3.53. The first-order valence-corrected chi connectivity index (χ1v) is 7.25. The van der Waals surface area contributed by atoms with E-state index in [2.05, 4.69) is 5.32 Å². The summed E-state index contributed by atoms with van der Waals surface area (Å²) in [6, 6.07) is -0.0558. The van der Waals surface area contributed by atoms with Gasteiger partial charge in [-0.25, -0.2) is 0 Å². The lowest BCUT2D eigenvalue weighted by molar-refractivity contribution is -0.149. The van der Waals surface area contributed by atoms with E-state index in [-0.39, 0.29) is 17.9 Å². The lowest BCUT2D eigenvalue weighted by atomic mass is 10.1. The monoisotopic (exact) mass is 283 g/mol. The number of carbonyl (C=O) groups excluding carboxylic acids is 3. The third kappa shape index (κ3) is 4.21. The molecular formula is C14H25N3O3. The van der Waals surface area contributed by atoms with Gasteiger partial charge in [0, 0.05) is 38.1 Å². The first-order valence-electron chi connectivity index (χ1n) is 7.25. The van der Waals surface area contributed by atoms with Gasteiger partial charge in [-0.2, -0.15) is 0 Å². The van der Waals surface area contributed by atoms with Crippen molar-refractivity contribution in [3.63, 3.8) is 0 Å². The second-order valence-corrected chi connectivity index (χ2v) is 5.55. The van der Waals surface area contributed by atoms with Crippen LogP contribution in [0.25, 0.3) is 0 Å². The molecule has 6 heteroatoms. The molecule has 1 aliphatic heterocycles. The second kappa shape index (κ2) is 7.26. The van der Waals surface area contributed by atoms with E-state index in [1.54, 1.807) is 4.90 Å². The van der Waals surface area contributed by atoms with E-state index in [1.165, 1.54) is 4.90 Å². The minimum absolute atomic E-state index is 0.0153. The van der Waals surface area contributed by atoms with E-state index >= 15 is 0 Å². The zero-order chi connectivity index (χ0) is 15.3. The Kier molecular flexibility index (Phi) is 5.98. The molecule has 0 aromatic rings. The highest BCUT2D eigenvalue weighted by molar-refractivity contribution is 6.35. The van der Waals surface area contributed by atoms with Crippen molar-refractivity contribution in [3.05, 3.63) is 0 Å². The smallest absolute Gasteiger partial charge is 0.312 e. The normalized spacial score (nSPS) is 17.1. The Labute approximate surface area is 120 Å². The average Bonchev–Trinajstić information content (AvgIpc) is 2.44. The summed E-state index contributed by atoms with van der Waals surface area (Å²) in [7, 11) is 0. The van der Waals surface area contributed by atoms with Crippen molar-refractivity contribution in [2.24, 2.45) is 5.92 Å². The van der Waals surface area contributed by atoms with E-state index in [0.717, 1.165) is 6.42 Å². The van der Waals surface area contributed by atoms with Crippen molar-refractivity contribution in [2.45, 2.75) is 40.2 Å². The molecule has 3 amide bonds. The molecule has 1 fully saturated rings. The van der Waals surface area contributed by atoms with Gasteiger partial charge in [-0.1, -0.05) is 13.8 Å². The van der Waals surface area contributed by atoms with Gasteiger partial charge in [0.1, 0.15) is 0 Å². The molecule has 1 N–H and O–H groups in total. The van der Waals surface area contributed by atoms with Crippen LogP contribution in [0.5, 0.6) is 0 Å². The van der Waals surface area contributed by atoms with Gasteiger partial charge in [-0.05, 0) is 20.3 Å². The summed E-state index contributed by atoms with van der Waals surface area (Å²) in [6.07, 6.45) is 0.814. The summed E-state index contributed by atoms with van der Waals surface area (Å²) in [5, 5.41) is 2.59. The lowest BCUT2D eigenvalue weighted by Gasteiger charge is -2.35. The van der Waals surface area contributed by atoms with Crippen molar-refractivity contribution >= 4 is 17.7 Å². The Morgan fingerprint density at radius 1 is 1.00 bits per heavy atom. The molecule has 1 unspecified atom stereocenters. The highest BCUT2D eigenvalue weighted by Crippen LogP contribution is 2.10. The summed E-state index contributed by atoms with van der Waals surface area (Å²) < 4.78 is 0. The van der Waals surface area contributed by atoms with Crippen LogP contribution in [-0.4, -0.2) is 59.7 Å². The molecule has 1 saturated heterocycles. The number of hydrogen-bond acceptors (Lipinski definition) is 3. The zero-order valence-corrected chi connectivity index (χ0v) is 12.8. The summed E-state index contributed by atoms with van der Waals surface area (Å²) in [5.41, 5.74) is 0. The Bertz CT molecular complexity index is 374. The van der Waals surface area contributed by atoms with E-state index in [1.807, 2.05) is 27.7 Å². The summed E-state index contributed by atoms with van der Waals surface area (Å²) in [5.74, 6) is -0.927. The van der Waals surface area contributed by atoms with Gasteiger partial charge in [0.2, 0.25) is 5.91 Å². The summed E-state index contributed by atoms with van der Waals surface area (Å²) in [4.78, 5) is 38.9. The molecule has 0 bridgehead atoms. The van der Waals surface area contributed by atoms with Gasteiger partial charge in [0.15, 0.2) is 0 Å². The number of nitrogens with zero attached hydrogens (tertiary/aromatic N) is 2.